The Balaban J connectivity index is 2.15. The van der Waals surface area contributed by atoms with Crippen molar-refractivity contribution in [3.8, 4) is 0 Å². The highest BCUT2D eigenvalue weighted by Gasteiger charge is 2.24. The van der Waals surface area contributed by atoms with Crippen LogP contribution in [0.4, 0.5) is 0 Å². The van der Waals surface area contributed by atoms with Crippen LogP contribution in [0.2, 0.25) is 0 Å². The van der Waals surface area contributed by atoms with E-state index in [2.05, 4.69) is 15.9 Å². The minimum absolute atomic E-state index is 0.0672. The van der Waals surface area contributed by atoms with Crippen molar-refractivity contribution in [1.82, 2.24) is 4.90 Å². The van der Waals surface area contributed by atoms with Gasteiger partial charge in [0.2, 0.25) is 0 Å². The van der Waals surface area contributed by atoms with Crippen LogP contribution in [0, 0.1) is 12.8 Å². The van der Waals surface area contributed by atoms with Gasteiger partial charge in [-0.3, -0.25) is 4.79 Å². The van der Waals surface area contributed by atoms with Gasteiger partial charge in [-0.25, -0.2) is 0 Å². The average molecular weight is 312 g/mol. The first-order valence-corrected chi connectivity index (χ1v) is 7.07. The molecule has 0 aliphatic carbocycles. The molecule has 1 aromatic carbocycles. The van der Waals surface area contributed by atoms with Crippen LogP contribution in [0.25, 0.3) is 0 Å². The fourth-order valence-electron chi connectivity index (χ4n) is 2.44. The first-order valence-electron chi connectivity index (χ1n) is 6.27. The molecule has 1 aromatic rings. The summed E-state index contributed by atoms with van der Waals surface area (Å²) in [6, 6.07) is 5.76. The molecular weight excluding hydrogens is 294 g/mol. The van der Waals surface area contributed by atoms with Crippen molar-refractivity contribution >= 4 is 21.8 Å². The van der Waals surface area contributed by atoms with E-state index in [9.17, 15) is 9.90 Å². The van der Waals surface area contributed by atoms with Gasteiger partial charge in [-0.15, -0.1) is 0 Å². The largest absolute Gasteiger partial charge is 0.396 e. The van der Waals surface area contributed by atoms with Crippen LogP contribution in [-0.2, 0) is 0 Å². The van der Waals surface area contributed by atoms with E-state index < -0.39 is 0 Å². The summed E-state index contributed by atoms with van der Waals surface area (Å²) in [5.41, 5.74) is 1.80. The minimum atomic E-state index is 0.0672. The normalized spacial score (nSPS) is 19.9. The molecule has 0 saturated carbocycles. The van der Waals surface area contributed by atoms with Crippen molar-refractivity contribution in [3.05, 3.63) is 33.8 Å². The van der Waals surface area contributed by atoms with Crippen molar-refractivity contribution in [3.63, 3.8) is 0 Å². The zero-order valence-electron chi connectivity index (χ0n) is 10.5. The third-order valence-electron chi connectivity index (χ3n) is 3.35. The van der Waals surface area contributed by atoms with E-state index in [1.165, 1.54) is 0 Å². The fraction of sp³-hybridized carbons (Fsp3) is 0.500. The second-order valence-corrected chi connectivity index (χ2v) is 5.87. The number of likely N-dealkylation sites (tertiary alicyclic amines) is 1. The maximum Gasteiger partial charge on any atom is 0.253 e. The van der Waals surface area contributed by atoms with Gasteiger partial charge < -0.3 is 10.0 Å². The lowest BCUT2D eigenvalue weighted by Gasteiger charge is -2.32. The zero-order chi connectivity index (χ0) is 13.1. The number of amides is 1. The van der Waals surface area contributed by atoms with E-state index in [0.717, 1.165) is 35.0 Å². The van der Waals surface area contributed by atoms with Gasteiger partial charge in [0.15, 0.2) is 0 Å². The highest BCUT2D eigenvalue weighted by molar-refractivity contribution is 9.10. The lowest BCUT2D eigenvalue weighted by Crippen LogP contribution is -2.40. The van der Waals surface area contributed by atoms with Crippen LogP contribution in [-0.4, -0.2) is 35.6 Å². The average Bonchev–Trinajstić information content (AvgIpc) is 2.37. The molecule has 1 N–H and O–H groups in total. The molecule has 1 heterocycles. The molecule has 1 saturated heterocycles. The van der Waals surface area contributed by atoms with Gasteiger partial charge >= 0.3 is 0 Å². The molecule has 0 spiro atoms. The molecule has 1 aliphatic heterocycles. The third kappa shape index (κ3) is 3.12. The molecule has 1 unspecified atom stereocenters. The second kappa shape index (κ2) is 5.85. The number of carbonyl (C=O) groups excluding carboxylic acids is 1. The standard InChI is InChI=1S/C14H18BrNO2/c1-10-5-12(7-13(15)6-10)14(18)16-4-2-3-11(8-16)9-17/h5-7,11,17H,2-4,8-9H2,1H3. The van der Waals surface area contributed by atoms with E-state index in [4.69, 9.17) is 0 Å². The SMILES string of the molecule is Cc1cc(Br)cc(C(=O)N2CCCC(CO)C2)c1. The smallest absolute Gasteiger partial charge is 0.253 e. The van der Waals surface area contributed by atoms with Gasteiger partial charge in [-0.2, -0.15) is 0 Å². The Morgan fingerprint density at radius 2 is 2.28 bits per heavy atom. The molecule has 1 atom stereocenters. The maximum absolute atomic E-state index is 12.4. The molecule has 3 nitrogen and oxygen atoms in total. The highest BCUT2D eigenvalue weighted by Crippen LogP contribution is 2.21. The predicted octanol–water partition coefficient (Wildman–Crippen LogP) is 2.60. The molecule has 98 valence electrons. The number of aliphatic hydroxyl groups is 1. The highest BCUT2D eigenvalue weighted by atomic mass is 79.9. The van der Waals surface area contributed by atoms with Crippen LogP contribution < -0.4 is 0 Å². The molecule has 1 aliphatic rings. The summed E-state index contributed by atoms with van der Waals surface area (Å²) in [6.07, 6.45) is 1.99. The molecular formula is C14H18BrNO2. The lowest BCUT2D eigenvalue weighted by atomic mass is 9.98. The number of hydrogen-bond donors (Lipinski definition) is 1. The number of piperidine rings is 1. The molecule has 0 bridgehead atoms. The molecule has 0 aromatic heterocycles. The summed E-state index contributed by atoms with van der Waals surface area (Å²) in [6.45, 7) is 3.61. The zero-order valence-corrected chi connectivity index (χ0v) is 12.1. The van der Waals surface area contributed by atoms with E-state index in [1.807, 2.05) is 30.0 Å². The topological polar surface area (TPSA) is 40.5 Å². The van der Waals surface area contributed by atoms with Gasteiger partial charge in [-0.05, 0) is 49.4 Å². The molecule has 0 radical (unpaired) electrons. The van der Waals surface area contributed by atoms with Gasteiger partial charge in [0.25, 0.3) is 5.91 Å². The monoisotopic (exact) mass is 311 g/mol. The number of aliphatic hydroxyl groups excluding tert-OH is 1. The summed E-state index contributed by atoms with van der Waals surface area (Å²) < 4.78 is 0.932. The Kier molecular flexibility index (Phi) is 4.40. The van der Waals surface area contributed by atoms with Crippen molar-refractivity contribution in [2.24, 2.45) is 5.92 Å². The van der Waals surface area contributed by atoms with Crippen LogP contribution in [0.15, 0.2) is 22.7 Å². The lowest BCUT2D eigenvalue weighted by molar-refractivity contribution is 0.0620. The number of benzene rings is 1. The Hall–Kier alpha value is -0.870. The second-order valence-electron chi connectivity index (χ2n) is 4.96. The first-order chi connectivity index (χ1) is 8.60. The van der Waals surface area contributed by atoms with Gasteiger partial charge in [0.05, 0.1) is 0 Å². The maximum atomic E-state index is 12.4. The van der Waals surface area contributed by atoms with Crippen molar-refractivity contribution in [2.45, 2.75) is 19.8 Å². The number of aryl methyl sites for hydroxylation is 1. The van der Waals surface area contributed by atoms with Crippen LogP contribution >= 0.6 is 15.9 Å². The number of halogens is 1. The van der Waals surface area contributed by atoms with Crippen molar-refractivity contribution in [1.29, 1.82) is 0 Å². The Bertz CT molecular complexity index is 427. The van der Waals surface area contributed by atoms with E-state index in [1.54, 1.807) is 0 Å². The Labute approximate surface area is 116 Å². The molecule has 18 heavy (non-hydrogen) atoms. The van der Waals surface area contributed by atoms with Crippen LogP contribution in [0.1, 0.15) is 28.8 Å². The van der Waals surface area contributed by atoms with E-state index in [0.29, 0.717) is 6.54 Å². The van der Waals surface area contributed by atoms with Gasteiger partial charge in [-0.1, -0.05) is 15.9 Å². The van der Waals surface area contributed by atoms with Gasteiger partial charge in [0.1, 0.15) is 0 Å². The number of rotatable bonds is 2. The minimum Gasteiger partial charge on any atom is -0.396 e. The fourth-order valence-corrected chi connectivity index (χ4v) is 3.05. The Morgan fingerprint density at radius 3 is 2.94 bits per heavy atom. The number of hydrogen-bond acceptors (Lipinski definition) is 2. The van der Waals surface area contributed by atoms with Crippen molar-refractivity contribution in [2.75, 3.05) is 19.7 Å². The summed E-state index contributed by atoms with van der Waals surface area (Å²) in [5, 5.41) is 9.20. The summed E-state index contributed by atoms with van der Waals surface area (Å²) >= 11 is 3.42. The molecule has 4 heteroatoms. The van der Waals surface area contributed by atoms with Crippen LogP contribution in [0.3, 0.4) is 0 Å². The van der Waals surface area contributed by atoms with Crippen LogP contribution in [0.5, 0.6) is 0 Å². The molecule has 2 rings (SSSR count). The van der Waals surface area contributed by atoms with E-state index >= 15 is 0 Å². The predicted molar refractivity (Wildman–Crippen MR) is 74.6 cm³/mol. The molecule has 1 fully saturated rings. The van der Waals surface area contributed by atoms with E-state index in [-0.39, 0.29) is 18.4 Å². The van der Waals surface area contributed by atoms with Gasteiger partial charge in [0, 0.05) is 29.7 Å². The summed E-state index contributed by atoms with van der Waals surface area (Å²) in [7, 11) is 0. The summed E-state index contributed by atoms with van der Waals surface area (Å²) in [5.74, 6) is 0.300. The van der Waals surface area contributed by atoms with Crippen molar-refractivity contribution < 1.29 is 9.90 Å². The Morgan fingerprint density at radius 1 is 1.50 bits per heavy atom. The number of nitrogens with zero attached hydrogens (tertiary/aromatic N) is 1. The number of carbonyl (C=O) groups is 1. The first kappa shape index (κ1) is 13.6. The molecule has 1 amide bonds. The quantitative estimate of drug-likeness (QED) is 0.912. The third-order valence-corrected chi connectivity index (χ3v) is 3.81. The summed E-state index contributed by atoms with van der Waals surface area (Å²) in [4.78, 5) is 14.2.